The molecule has 8 nitrogen and oxygen atoms in total. The summed E-state index contributed by atoms with van der Waals surface area (Å²) in [4.78, 5) is 43.0. The second-order valence-corrected chi connectivity index (χ2v) is 9.62. The number of carbonyl (C=O) groups excluding carboxylic acids is 2. The van der Waals surface area contributed by atoms with E-state index in [1.165, 1.54) is 0 Å². The maximum atomic E-state index is 13.4. The molecule has 1 aliphatic rings. The van der Waals surface area contributed by atoms with Crippen molar-refractivity contribution >= 4 is 17.7 Å². The second-order valence-electron chi connectivity index (χ2n) is 9.62. The van der Waals surface area contributed by atoms with Gasteiger partial charge in [-0.1, -0.05) is 12.1 Å². The van der Waals surface area contributed by atoms with Crippen molar-refractivity contribution in [3.8, 4) is 11.1 Å². The molecule has 0 bridgehead atoms. The zero-order chi connectivity index (χ0) is 25.0. The minimum atomic E-state index is -0.527. The number of hydrogen-bond donors (Lipinski definition) is 0. The van der Waals surface area contributed by atoms with E-state index in [-0.39, 0.29) is 13.3 Å². The normalized spacial score (nSPS) is 14.4. The van der Waals surface area contributed by atoms with Crippen LogP contribution in [0.2, 0.25) is 0 Å². The Bertz CT molecular complexity index is 1210. The maximum absolute atomic E-state index is 13.4. The minimum Gasteiger partial charge on any atom is -0.444 e. The van der Waals surface area contributed by atoms with Gasteiger partial charge in [0.15, 0.2) is 0 Å². The quantitative estimate of drug-likeness (QED) is 0.502. The first-order chi connectivity index (χ1) is 16.7. The number of anilines is 1. The highest BCUT2D eigenvalue weighted by Crippen LogP contribution is 2.23. The number of aryl methyl sites for hydroxylation is 1. The third kappa shape index (κ3) is 6.01. The molecular formula is C27H33N5O3. The first-order valence-corrected chi connectivity index (χ1v) is 11.8. The van der Waals surface area contributed by atoms with Crippen LogP contribution in [0.4, 0.5) is 10.6 Å². The Morgan fingerprint density at radius 1 is 1.00 bits per heavy atom. The molecular weight excluding hydrogens is 442 g/mol. The molecule has 0 radical (unpaired) electrons. The molecule has 0 spiro atoms. The van der Waals surface area contributed by atoms with Gasteiger partial charge in [-0.05, 0) is 58.4 Å². The summed E-state index contributed by atoms with van der Waals surface area (Å²) in [6.45, 7) is 9.93. The number of amides is 1. The second kappa shape index (κ2) is 10.2. The Morgan fingerprint density at radius 3 is 2.57 bits per heavy atom. The van der Waals surface area contributed by atoms with Crippen molar-refractivity contribution in [1.29, 1.82) is 0 Å². The van der Waals surface area contributed by atoms with E-state index in [0.717, 1.165) is 29.9 Å². The summed E-state index contributed by atoms with van der Waals surface area (Å²) in [5.74, 6) is 0.545. The van der Waals surface area contributed by atoms with Gasteiger partial charge >= 0.3 is 6.09 Å². The molecule has 1 aliphatic heterocycles. The summed E-state index contributed by atoms with van der Waals surface area (Å²) < 4.78 is 5.52. The molecule has 1 fully saturated rings. The van der Waals surface area contributed by atoms with Crippen molar-refractivity contribution in [1.82, 2.24) is 19.9 Å². The summed E-state index contributed by atoms with van der Waals surface area (Å²) in [7, 11) is 0. The minimum absolute atomic E-state index is 0. The molecule has 0 N–H and O–H groups in total. The Kier molecular flexibility index (Phi) is 7.10. The van der Waals surface area contributed by atoms with Crippen LogP contribution in [-0.4, -0.2) is 63.5 Å². The third-order valence-electron chi connectivity index (χ3n) is 5.77. The molecule has 3 aromatic rings. The van der Waals surface area contributed by atoms with Gasteiger partial charge in [0.05, 0.1) is 0 Å². The number of rotatable bonds is 4. The lowest BCUT2D eigenvalue weighted by Gasteiger charge is -2.26. The van der Waals surface area contributed by atoms with Crippen molar-refractivity contribution in [3.05, 3.63) is 71.9 Å². The fourth-order valence-electron chi connectivity index (χ4n) is 3.97. The smallest absolute Gasteiger partial charge is 0.410 e. The number of ether oxygens (including phenoxy) is 1. The zero-order valence-electron chi connectivity index (χ0n) is 20.7. The number of pyridine rings is 3. The van der Waals surface area contributed by atoms with Gasteiger partial charge in [-0.15, -0.1) is 0 Å². The number of hydrogen-bond acceptors (Lipinski definition) is 7. The van der Waals surface area contributed by atoms with E-state index < -0.39 is 5.60 Å². The van der Waals surface area contributed by atoms with Crippen molar-refractivity contribution in [3.63, 3.8) is 0 Å². The highest BCUT2D eigenvalue weighted by molar-refractivity contribution is 6.09. The zero-order valence-corrected chi connectivity index (χ0v) is 20.7. The van der Waals surface area contributed by atoms with Gasteiger partial charge in [-0.2, -0.15) is 0 Å². The molecule has 0 unspecified atom stereocenters. The van der Waals surface area contributed by atoms with E-state index >= 15 is 0 Å². The molecule has 0 saturated carbocycles. The van der Waals surface area contributed by atoms with Crippen molar-refractivity contribution in [2.75, 3.05) is 31.1 Å². The van der Waals surface area contributed by atoms with E-state index in [1.807, 2.05) is 58.0 Å². The van der Waals surface area contributed by atoms with Crippen LogP contribution in [0.3, 0.4) is 0 Å². The summed E-state index contributed by atoms with van der Waals surface area (Å²) in [6.07, 6.45) is 5.70. The van der Waals surface area contributed by atoms with Crippen LogP contribution in [0.1, 0.15) is 50.4 Å². The largest absolute Gasteiger partial charge is 0.444 e. The fourth-order valence-corrected chi connectivity index (χ4v) is 3.97. The van der Waals surface area contributed by atoms with E-state index in [2.05, 4.69) is 19.9 Å². The van der Waals surface area contributed by atoms with Gasteiger partial charge in [0.2, 0.25) is 5.78 Å². The van der Waals surface area contributed by atoms with Crippen LogP contribution >= 0.6 is 0 Å². The van der Waals surface area contributed by atoms with Crippen LogP contribution in [0.15, 0.2) is 55.0 Å². The fraction of sp³-hybridized carbons (Fsp3) is 0.370. The molecule has 0 aromatic carbocycles. The highest BCUT2D eigenvalue weighted by Gasteiger charge is 2.25. The average molecular weight is 476 g/mol. The lowest BCUT2D eigenvalue weighted by molar-refractivity contribution is 0.0263. The van der Waals surface area contributed by atoms with Crippen LogP contribution in [-0.2, 0) is 4.74 Å². The molecule has 35 heavy (non-hydrogen) atoms. The van der Waals surface area contributed by atoms with Crippen LogP contribution in [0.5, 0.6) is 0 Å². The molecule has 0 atom stereocenters. The monoisotopic (exact) mass is 475 g/mol. The molecule has 3 aromatic heterocycles. The molecule has 0 aliphatic carbocycles. The number of aromatic nitrogens is 3. The van der Waals surface area contributed by atoms with E-state index in [9.17, 15) is 9.59 Å². The van der Waals surface area contributed by atoms with Crippen LogP contribution < -0.4 is 4.90 Å². The van der Waals surface area contributed by atoms with Crippen LogP contribution in [0, 0.1) is 6.92 Å². The lowest BCUT2D eigenvalue weighted by atomic mass is 10.0. The molecule has 4 rings (SSSR count). The SMILES string of the molecule is Cc1ncc(-c2cccnc2)cc1C(=O)c1cccc(N2CCCN(C(=O)OC(C)(C)C)CC2)n1.[HH]. The number of nitrogens with zero attached hydrogens (tertiary/aromatic N) is 5. The highest BCUT2D eigenvalue weighted by atomic mass is 16.6. The Labute approximate surface area is 207 Å². The third-order valence-corrected chi connectivity index (χ3v) is 5.77. The standard InChI is InChI=1S/C27H31N5O3.H2/c1-19-22(16-21(18-29-19)20-8-6-11-28-17-20)25(33)23-9-5-10-24(30-23)31-12-7-13-32(15-14-31)26(34)35-27(2,3)4;/h5-6,8-11,16-18H,7,12-15H2,1-4H3;1H. The van der Waals surface area contributed by atoms with Gasteiger partial charge in [-0.3, -0.25) is 14.8 Å². The summed E-state index contributed by atoms with van der Waals surface area (Å²) in [5, 5.41) is 0. The first-order valence-electron chi connectivity index (χ1n) is 11.8. The lowest BCUT2D eigenvalue weighted by Crippen LogP contribution is -2.39. The average Bonchev–Trinajstić information content (AvgIpc) is 3.10. The Balaban J connectivity index is 0.00000361. The number of ketones is 1. The topological polar surface area (TPSA) is 88.5 Å². The van der Waals surface area contributed by atoms with Gasteiger partial charge in [0, 0.05) is 68.6 Å². The maximum Gasteiger partial charge on any atom is 0.410 e. The summed E-state index contributed by atoms with van der Waals surface area (Å²) in [6, 6.07) is 11.1. The molecule has 8 heteroatoms. The Morgan fingerprint density at radius 2 is 1.83 bits per heavy atom. The summed E-state index contributed by atoms with van der Waals surface area (Å²) in [5.41, 5.74) is 2.73. The Hall–Kier alpha value is -3.81. The predicted octanol–water partition coefficient (Wildman–Crippen LogP) is 4.77. The van der Waals surface area contributed by atoms with Gasteiger partial charge < -0.3 is 14.5 Å². The van der Waals surface area contributed by atoms with Crippen molar-refractivity contribution in [2.24, 2.45) is 0 Å². The number of carbonyl (C=O) groups is 2. The molecule has 184 valence electrons. The van der Waals surface area contributed by atoms with Crippen molar-refractivity contribution < 1.29 is 15.8 Å². The van der Waals surface area contributed by atoms with Crippen molar-refractivity contribution in [2.45, 2.75) is 39.7 Å². The van der Waals surface area contributed by atoms with Gasteiger partial charge in [-0.25, -0.2) is 9.78 Å². The van der Waals surface area contributed by atoms with E-state index in [4.69, 9.17) is 4.74 Å². The molecule has 1 amide bonds. The summed E-state index contributed by atoms with van der Waals surface area (Å²) >= 11 is 0. The predicted molar refractivity (Wildman–Crippen MR) is 137 cm³/mol. The molecule has 1 saturated heterocycles. The molecule has 4 heterocycles. The van der Waals surface area contributed by atoms with E-state index in [1.54, 1.807) is 29.6 Å². The van der Waals surface area contributed by atoms with E-state index in [0.29, 0.717) is 36.6 Å². The van der Waals surface area contributed by atoms with Gasteiger partial charge in [0.25, 0.3) is 0 Å². The van der Waals surface area contributed by atoms with Gasteiger partial charge in [0.1, 0.15) is 17.1 Å². The van der Waals surface area contributed by atoms with Crippen LogP contribution in [0.25, 0.3) is 11.1 Å². The first kappa shape index (κ1) is 24.3.